The van der Waals surface area contributed by atoms with Gasteiger partial charge >= 0.3 is 0 Å². The average molecular weight is 184 g/mol. The van der Waals surface area contributed by atoms with E-state index in [0.29, 0.717) is 22.4 Å². The zero-order valence-corrected chi connectivity index (χ0v) is 8.99. The Morgan fingerprint density at radius 2 is 1.92 bits per heavy atom. The number of fused-ring (bicyclic) bond motifs is 1. The molecule has 2 aliphatic rings. The van der Waals surface area contributed by atoms with Crippen LogP contribution in [-0.4, -0.2) is 15.8 Å². The van der Waals surface area contributed by atoms with Crippen molar-refractivity contribution in [3.63, 3.8) is 0 Å². The largest absolute Gasteiger partial charge is 0.298 e. The third-order valence-corrected chi connectivity index (χ3v) is 5.24. The summed E-state index contributed by atoms with van der Waals surface area (Å²) >= 11 is 1.88. The van der Waals surface area contributed by atoms with Crippen LogP contribution in [0.1, 0.15) is 34.1 Å². The lowest BCUT2D eigenvalue weighted by molar-refractivity contribution is -0.128. The lowest BCUT2D eigenvalue weighted by atomic mass is 9.62. The van der Waals surface area contributed by atoms with Crippen LogP contribution in [0.2, 0.25) is 0 Å². The van der Waals surface area contributed by atoms with Gasteiger partial charge in [0.1, 0.15) is 0 Å². The Morgan fingerprint density at radius 3 is 2.25 bits per heavy atom. The molecule has 0 spiro atoms. The van der Waals surface area contributed by atoms with Crippen LogP contribution in [0.15, 0.2) is 0 Å². The van der Waals surface area contributed by atoms with Gasteiger partial charge in [-0.05, 0) is 25.7 Å². The summed E-state index contributed by atoms with van der Waals surface area (Å²) in [5, 5.41) is 0.597. The zero-order chi connectivity index (χ0) is 9.15. The molecule has 1 saturated heterocycles. The summed E-state index contributed by atoms with van der Waals surface area (Å²) in [7, 11) is 0. The molecule has 2 unspecified atom stereocenters. The van der Waals surface area contributed by atoms with E-state index in [1.165, 1.54) is 0 Å². The van der Waals surface area contributed by atoms with Crippen LogP contribution >= 0.6 is 11.8 Å². The van der Waals surface area contributed by atoms with Crippen molar-refractivity contribution in [3.8, 4) is 0 Å². The zero-order valence-electron chi connectivity index (χ0n) is 8.18. The van der Waals surface area contributed by atoms with Crippen molar-refractivity contribution >= 4 is 17.5 Å². The molecule has 1 aliphatic heterocycles. The van der Waals surface area contributed by atoms with E-state index in [1.807, 2.05) is 11.8 Å². The summed E-state index contributed by atoms with van der Waals surface area (Å²) in [6.07, 6.45) is 1.10. The second kappa shape index (κ2) is 2.09. The van der Waals surface area contributed by atoms with E-state index in [9.17, 15) is 4.79 Å². The topological polar surface area (TPSA) is 17.1 Å². The standard InChI is InChI=1S/C10H16OS/c1-9(2)5-6-7(11)10(3,4)12-8(6)9/h6,8H,5H2,1-4H3. The summed E-state index contributed by atoms with van der Waals surface area (Å²) < 4.78 is -0.108. The highest BCUT2D eigenvalue weighted by atomic mass is 32.2. The molecule has 2 rings (SSSR count). The highest BCUT2D eigenvalue weighted by molar-refractivity contribution is 8.02. The summed E-state index contributed by atoms with van der Waals surface area (Å²) in [5.74, 6) is 0.858. The third-order valence-electron chi connectivity index (χ3n) is 3.23. The van der Waals surface area contributed by atoms with Crippen LogP contribution < -0.4 is 0 Å². The van der Waals surface area contributed by atoms with Crippen molar-refractivity contribution in [1.29, 1.82) is 0 Å². The molecule has 68 valence electrons. The molecular formula is C10H16OS. The fourth-order valence-electron chi connectivity index (χ4n) is 2.47. The molecule has 1 heterocycles. The molecule has 1 aliphatic carbocycles. The molecule has 0 aromatic carbocycles. The summed E-state index contributed by atoms with van der Waals surface area (Å²) in [4.78, 5) is 11.8. The summed E-state index contributed by atoms with van der Waals surface area (Å²) in [5.41, 5.74) is 0.402. The summed E-state index contributed by atoms with van der Waals surface area (Å²) in [6.45, 7) is 8.68. The van der Waals surface area contributed by atoms with Crippen molar-refractivity contribution in [2.75, 3.05) is 0 Å². The first-order valence-corrected chi connectivity index (χ1v) is 5.45. The first-order chi connectivity index (χ1) is 5.34. The smallest absolute Gasteiger partial charge is 0.152 e. The first-order valence-electron chi connectivity index (χ1n) is 4.57. The average Bonchev–Trinajstić information content (AvgIpc) is 2.11. The molecule has 1 saturated carbocycles. The summed E-state index contributed by atoms with van der Waals surface area (Å²) in [6, 6.07) is 0. The van der Waals surface area contributed by atoms with E-state index < -0.39 is 0 Å². The minimum atomic E-state index is -0.108. The molecule has 0 bridgehead atoms. The predicted octanol–water partition coefficient (Wildman–Crippen LogP) is 2.50. The maximum absolute atomic E-state index is 11.8. The quantitative estimate of drug-likeness (QED) is 0.575. The van der Waals surface area contributed by atoms with E-state index in [4.69, 9.17) is 0 Å². The Morgan fingerprint density at radius 1 is 1.33 bits per heavy atom. The van der Waals surface area contributed by atoms with Gasteiger partial charge in [0.25, 0.3) is 0 Å². The van der Waals surface area contributed by atoms with Crippen LogP contribution in [-0.2, 0) is 4.79 Å². The van der Waals surface area contributed by atoms with Gasteiger partial charge in [0.05, 0.1) is 4.75 Å². The number of Topliss-reactive ketones (excluding diaryl/α,β-unsaturated/α-hetero) is 1. The van der Waals surface area contributed by atoms with Crippen molar-refractivity contribution in [1.82, 2.24) is 0 Å². The molecule has 1 nitrogen and oxygen atoms in total. The number of thioether (sulfide) groups is 1. The van der Waals surface area contributed by atoms with Gasteiger partial charge in [-0.25, -0.2) is 0 Å². The van der Waals surface area contributed by atoms with Crippen molar-refractivity contribution in [3.05, 3.63) is 0 Å². The minimum Gasteiger partial charge on any atom is -0.298 e. The van der Waals surface area contributed by atoms with Gasteiger partial charge in [0.2, 0.25) is 0 Å². The first kappa shape index (κ1) is 8.61. The molecule has 0 radical (unpaired) electrons. The SMILES string of the molecule is CC1(C)SC2C(CC2(C)C)C1=O. The lowest BCUT2D eigenvalue weighted by Gasteiger charge is -2.46. The second-order valence-corrected chi connectivity index (χ2v) is 6.98. The van der Waals surface area contributed by atoms with E-state index >= 15 is 0 Å². The molecular weight excluding hydrogens is 168 g/mol. The number of hydrogen-bond donors (Lipinski definition) is 0. The Kier molecular flexibility index (Phi) is 1.50. The van der Waals surface area contributed by atoms with Gasteiger partial charge in [-0.15, -0.1) is 11.8 Å². The van der Waals surface area contributed by atoms with Gasteiger partial charge in [0, 0.05) is 11.2 Å². The second-order valence-electron chi connectivity index (χ2n) is 5.21. The van der Waals surface area contributed by atoms with Gasteiger partial charge in [-0.1, -0.05) is 13.8 Å². The number of rotatable bonds is 0. The van der Waals surface area contributed by atoms with Crippen LogP contribution in [0, 0.1) is 11.3 Å². The number of ketones is 1. The lowest BCUT2D eigenvalue weighted by Crippen LogP contribution is -2.46. The Hall–Kier alpha value is 0.0200. The van der Waals surface area contributed by atoms with Crippen LogP contribution in [0.4, 0.5) is 0 Å². The van der Waals surface area contributed by atoms with E-state index in [1.54, 1.807) is 0 Å². The number of carbonyl (C=O) groups is 1. The molecule has 0 aromatic rings. The minimum absolute atomic E-state index is 0.108. The molecule has 0 amide bonds. The van der Waals surface area contributed by atoms with Crippen LogP contribution in [0.25, 0.3) is 0 Å². The van der Waals surface area contributed by atoms with Gasteiger partial charge in [0.15, 0.2) is 5.78 Å². The number of carbonyl (C=O) groups excluding carboxylic acids is 1. The molecule has 0 N–H and O–H groups in total. The molecule has 2 heteroatoms. The monoisotopic (exact) mass is 184 g/mol. The molecule has 12 heavy (non-hydrogen) atoms. The van der Waals surface area contributed by atoms with Gasteiger partial charge in [-0.2, -0.15) is 0 Å². The highest BCUT2D eigenvalue weighted by Crippen LogP contribution is 2.61. The van der Waals surface area contributed by atoms with Crippen molar-refractivity contribution < 1.29 is 4.79 Å². The number of hydrogen-bond acceptors (Lipinski definition) is 2. The van der Waals surface area contributed by atoms with Crippen LogP contribution in [0.5, 0.6) is 0 Å². The van der Waals surface area contributed by atoms with Gasteiger partial charge in [-0.3, -0.25) is 4.79 Å². The van der Waals surface area contributed by atoms with E-state index in [0.717, 1.165) is 6.42 Å². The van der Waals surface area contributed by atoms with Crippen molar-refractivity contribution in [2.24, 2.45) is 11.3 Å². The maximum atomic E-state index is 11.8. The molecule has 2 atom stereocenters. The third kappa shape index (κ3) is 0.905. The predicted molar refractivity (Wildman–Crippen MR) is 52.4 cm³/mol. The van der Waals surface area contributed by atoms with Gasteiger partial charge < -0.3 is 0 Å². The maximum Gasteiger partial charge on any atom is 0.152 e. The Bertz CT molecular complexity index is 242. The van der Waals surface area contributed by atoms with E-state index in [-0.39, 0.29) is 4.75 Å². The normalized spacial score (nSPS) is 42.2. The highest BCUT2D eigenvalue weighted by Gasteiger charge is 2.60. The van der Waals surface area contributed by atoms with Crippen LogP contribution in [0.3, 0.4) is 0 Å². The molecule has 0 aromatic heterocycles. The Balaban J connectivity index is 2.24. The fourth-order valence-corrected chi connectivity index (χ4v) is 4.17. The molecule has 2 fully saturated rings. The fraction of sp³-hybridized carbons (Fsp3) is 0.900. The van der Waals surface area contributed by atoms with E-state index in [2.05, 4.69) is 27.7 Å². The Labute approximate surface area is 78.3 Å². The van der Waals surface area contributed by atoms with Crippen molar-refractivity contribution in [2.45, 2.75) is 44.1 Å².